The van der Waals surface area contributed by atoms with Gasteiger partial charge in [-0.3, -0.25) is 57.5 Å². The van der Waals surface area contributed by atoms with Crippen LogP contribution in [-0.4, -0.2) is 219 Å². The number of rotatable bonds is 35. The fourth-order valence-electron chi connectivity index (χ4n) is 7.36. The van der Waals surface area contributed by atoms with Crippen molar-refractivity contribution in [3.05, 3.63) is 35.9 Å². The van der Waals surface area contributed by atoms with Crippen molar-refractivity contribution in [3.8, 4) is 0 Å². The predicted molar refractivity (Wildman–Crippen MR) is 277 cm³/mol. The second-order valence-corrected chi connectivity index (χ2v) is 19.0. The largest absolute Gasteiger partial charge is 0.480 e. The molecule has 31 heteroatoms. The van der Waals surface area contributed by atoms with E-state index < -0.39 is 182 Å². The number of carboxylic acid groups (broad SMARTS) is 1. The van der Waals surface area contributed by atoms with Gasteiger partial charge >= 0.3 is 5.97 Å². The van der Waals surface area contributed by atoms with Gasteiger partial charge in [0.2, 0.25) is 65.0 Å². The van der Waals surface area contributed by atoms with Gasteiger partial charge in [-0.2, -0.15) is 0 Å². The SMILES string of the molecule is CC(C)[C@H](NC(=O)[C@@H](NC(=O)[C@@H](NC(=O)[C@H](CO)NC(=O)[C@@H](NC(=O)[C@H](Cc1ccccc1)N(C)C(=O)[C@H](CC(N)=O)NC(=O)[C@H](CO)NC(=O)CN)[C@@H](C)O)[C@@H](C)O)[C@@H](C)O)C(=O)N[C@@H](CCCCN)C(=O)N[C@@H](C)C(=O)O. The van der Waals surface area contributed by atoms with E-state index in [4.69, 9.17) is 17.2 Å². The number of aliphatic hydroxyl groups is 5. The van der Waals surface area contributed by atoms with Crippen LogP contribution >= 0.6 is 0 Å². The van der Waals surface area contributed by atoms with Crippen molar-refractivity contribution < 1.29 is 88.2 Å². The first-order valence-electron chi connectivity index (χ1n) is 25.2. The molecule has 0 aliphatic carbocycles. The van der Waals surface area contributed by atoms with Crippen LogP contribution in [0.25, 0.3) is 0 Å². The van der Waals surface area contributed by atoms with Crippen LogP contribution in [0.4, 0.5) is 0 Å². The molecule has 0 aliphatic rings. The number of nitrogens with one attached hydrogen (secondary N) is 9. The topological polar surface area (TPSA) is 516 Å². The summed E-state index contributed by atoms with van der Waals surface area (Å²) in [5, 5.41) is 81.5. The number of hydrogen-bond acceptors (Lipinski definition) is 19. The van der Waals surface area contributed by atoms with Gasteiger partial charge in [-0.05, 0) is 65.0 Å². The van der Waals surface area contributed by atoms with E-state index in [1.54, 1.807) is 30.3 Å². The number of primary amides is 1. The minimum Gasteiger partial charge on any atom is -0.480 e. The van der Waals surface area contributed by atoms with Crippen molar-refractivity contribution in [2.24, 2.45) is 23.1 Å². The molecule has 1 aromatic rings. The van der Waals surface area contributed by atoms with Crippen LogP contribution in [0.15, 0.2) is 30.3 Å². The van der Waals surface area contributed by atoms with E-state index in [9.17, 15) is 88.2 Å². The fourth-order valence-corrected chi connectivity index (χ4v) is 7.36. The average Bonchev–Trinajstić information content (AvgIpc) is 3.38. The summed E-state index contributed by atoms with van der Waals surface area (Å²) >= 11 is 0. The molecule has 13 atom stereocenters. The van der Waals surface area contributed by atoms with Crippen LogP contribution in [0.3, 0.4) is 0 Å². The lowest BCUT2D eigenvalue weighted by atomic mass is 10.0. The molecule has 79 heavy (non-hydrogen) atoms. The number of unbranched alkanes of at least 4 members (excludes halogenated alkanes) is 1. The highest BCUT2D eigenvalue weighted by atomic mass is 16.4. The second kappa shape index (κ2) is 34.5. The number of aliphatic hydroxyl groups excluding tert-OH is 5. The van der Waals surface area contributed by atoms with Crippen LogP contribution in [0.2, 0.25) is 0 Å². The lowest BCUT2D eigenvalue weighted by Gasteiger charge is -2.33. The monoisotopic (exact) mass is 1130 g/mol. The highest BCUT2D eigenvalue weighted by Crippen LogP contribution is 2.14. The van der Waals surface area contributed by atoms with Crippen molar-refractivity contribution in [3.63, 3.8) is 0 Å². The number of nitrogens with zero attached hydrogens (tertiary/aromatic N) is 1. The van der Waals surface area contributed by atoms with Crippen LogP contribution in [0, 0.1) is 5.92 Å². The zero-order chi connectivity index (χ0) is 60.4. The average molecular weight is 1130 g/mol. The minimum absolute atomic E-state index is 0.0389. The number of nitrogens with two attached hydrogens (primary N) is 3. The number of likely N-dealkylation sites (N-methyl/N-ethyl adjacent to an activating group) is 1. The Balaban J connectivity index is 3.41. The second-order valence-electron chi connectivity index (χ2n) is 19.0. The van der Waals surface area contributed by atoms with E-state index in [-0.39, 0.29) is 19.4 Å². The summed E-state index contributed by atoms with van der Waals surface area (Å²) in [5.41, 5.74) is 16.7. The standard InChI is InChI=1S/C48H79N13O18/c1-22(2)35(43(73)54-28(15-11-12-16-49)39(69)52-23(3)48(78)79)57-45(75)38(26(6)66)60-46(76)37(25(5)65)58-41(71)31(21-63)56-44(74)36(24(4)64)59-42(72)32(17-27-13-9-8-10-14-27)61(7)47(77)29(18-33(51)67)55-40(70)30(20-62)53-34(68)19-50/h8-10,13-14,22-26,28-32,35-38,62-66H,11-12,15-21,49-50H2,1-7H3,(H2,51,67)(H,52,69)(H,53,68)(H,54,73)(H,55,70)(H,56,74)(H,57,75)(H,58,71)(H,59,72)(H,60,76)(H,78,79)/t23-,24+,25+,26+,28-,29-,30-,31-,32-,35-,36-,37-,38-/m0/s1. The molecule has 444 valence electrons. The molecule has 0 unspecified atom stereocenters. The maximum Gasteiger partial charge on any atom is 0.325 e. The summed E-state index contributed by atoms with van der Waals surface area (Å²) in [6, 6.07) is -8.88. The maximum absolute atomic E-state index is 14.2. The Morgan fingerprint density at radius 3 is 1.41 bits per heavy atom. The third kappa shape index (κ3) is 23.2. The van der Waals surface area contributed by atoms with Gasteiger partial charge in [-0.15, -0.1) is 0 Å². The van der Waals surface area contributed by atoms with Gasteiger partial charge in [0.15, 0.2) is 0 Å². The van der Waals surface area contributed by atoms with Crippen molar-refractivity contribution in [1.82, 2.24) is 52.8 Å². The first kappa shape index (κ1) is 69.6. The Hall–Kier alpha value is -7.42. The van der Waals surface area contributed by atoms with Gasteiger partial charge < -0.3 is 101 Å². The van der Waals surface area contributed by atoms with Gasteiger partial charge in [0.1, 0.15) is 60.4 Å². The van der Waals surface area contributed by atoms with Crippen LogP contribution in [0.5, 0.6) is 0 Å². The summed E-state index contributed by atoms with van der Waals surface area (Å²) < 4.78 is 0. The van der Waals surface area contributed by atoms with Crippen molar-refractivity contribution in [1.29, 1.82) is 0 Å². The van der Waals surface area contributed by atoms with E-state index >= 15 is 0 Å². The molecule has 0 saturated carbocycles. The highest BCUT2D eigenvalue weighted by molar-refractivity contribution is 6.00. The third-order valence-corrected chi connectivity index (χ3v) is 12.0. The molecule has 21 N–H and O–H groups in total. The summed E-state index contributed by atoms with van der Waals surface area (Å²) in [6.45, 7) is 4.97. The molecule has 1 rings (SSSR count). The first-order chi connectivity index (χ1) is 36.9. The molecular weight excluding hydrogens is 1050 g/mol. The number of carbonyl (C=O) groups is 12. The van der Waals surface area contributed by atoms with Crippen LogP contribution in [-0.2, 0) is 64.0 Å². The Kier molecular flexibility index (Phi) is 30.4. The smallest absolute Gasteiger partial charge is 0.325 e. The maximum atomic E-state index is 14.2. The normalized spacial score (nSPS) is 16.1. The van der Waals surface area contributed by atoms with E-state index in [0.717, 1.165) is 32.7 Å². The lowest BCUT2D eigenvalue weighted by Crippen LogP contribution is -2.64. The number of amides is 11. The number of aliphatic carboxylic acids is 1. The lowest BCUT2D eigenvalue weighted by molar-refractivity contribution is -0.144. The molecule has 0 spiro atoms. The van der Waals surface area contributed by atoms with E-state index in [1.807, 2.05) is 0 Å². The number of benzene rings is 1. The summed E-state index contributed by atoms with van der Waals surface area (Å²) in [6.07, 6.45) is -5.56. The van der Waals surface area contributed by atoms with E-state index in [0.29, 0.717) is 18.4 Å². The molecule has 0 saturated heterocycles. The number of hydrogen-bond donors (Lipinski definition) is 18. The number of carboxylic acids is 1. The molecule has 11 amide bonds. The fraction of sp³-hybridized carbons (Fsp3) is 0.625. The molecule has 0 radical (unpaired) electrons. The third-order valence-electron chi connectivity index (χ3n) is 12.0. The summed E-state index contributed by atoms with van der Waals surface area (Å²) in [7, 11) is 1.10. The molecule has 1 aromatic carbocycles. The van der Waals surface area contributed by atoms with E-state index in [1.165, 1.54) is 20.8 Å². The Bertz CT molecular complexity index is 2260. The Morgan fingerprint density at radius 2 is 0.949 bits per heavy atom. The summed E-state index contributed by atoms with van der Waals surface area (Å²) in [4.78, 5) is 159. The summed E-state index contributed by atoms with van der Waals surface area (Å²) in [5.74, 6) is -14.2. The minimum atomic E-state index is -1.99. The van der Waals surface area contributed by atoms with Crippen molar-refractivity contribution in [2.45, 2.75) is 152 Å². The van der Waals surface area contributed by atoms with Gasteiger partial charge in [0, 0.05) is 13.5 Å². The first-order valence-corrected chi connectivity index (χ1v) is 25.2. The Morgan fingerprint density at radius 1 is 0.532 bits per heavy atom. The molecule has 0 bridgehead atoms. The highest BCUT2D eigenvalue weighted by Gasteiger charge is 2.40. The molecule has 0 heterocycles. The van der Waals surface area contributed by atoms with Gasteiger partial charge in [-0.1, -0.05) is 44.2 Å². The molecular formula is C48H79N13O18. The molecule has 0 aromatic heterocycles. The zero-order valence-corrected chi connectivity index (χ0v) is 45.1. The van der Waals surface area contributed by atoms with Crippen LogP contribution < -0.4 is 65.1 Å². The molecule has 0 fully saturated rings. The molecule has 31 nitrogen and oxygen atoms in total. The van der Waals surface area contributed by atoms with Gasteiger partial charge in [-0.25, -0.2) is 0 Å². The molecule has 0 aliphatic heterocycles. The quantitative estimate of drug-likeness (QED) is 0.0281. The van der Waals surface area contributed by atoms with Crippen molar-refractivity contribution in [2.75, 3.05) is 33.4 Å². The van der Waals surface area contributed by atoms with Gasteiger partial charge in [0.25, 0.3) is 0 Å². The zero-order valence-electron chi connectivity index (χ0n) is 45.1. The van der Waals surface area contributed by atoms with Gasteiger partial charge in [0.05, 0.1) is 44.5 Å². The van der Waals surface area contributed by atoms with Crippen LogP contribution in [0.1, 0.15) is 72.8 Å². The van der Waals surface area contributed by atoms with E-state index in [2.05, 4.69) is 47.9 Å². The number of carbonyl (C=O) groups excluding carboxylic acids is 11. The van der Waals surface area contributed by atoms with Crippen molar-refractivity contribution >= 4 is 70.9 Å². The Labute approximate surface area is 455 Å². The predicted octanol–water partition coefficient (Wildman–Crippen LogP) is -8.73.